The largest absolute Gasteiger partial charge is 0.478 e. The average molecular weight is 285 g/mol. The minimum atomic E-state index is -1.07. The van der Waals surface area contributed by atoms with Crippen LogP contribution in [-0.4, -0.2) is 29.7 Å². The van der Waals surface area contributed by atoms with E-state index in [1.54, 1.807) is 12.1 Å². The van der Waals surface area contributed by atoms with E-state index in [-0.39, 0.29) is 11.5 Å². The fourth-order valence-electron chi connectivity index (χ4n) is 2.52. The monoisotopic (exact) mass is 285 g/mol. The van der Waals surface area contributed by atoms with Crippen LogP contribution in [0.3, 0.4) is 0 Å². The van der Waals surface area contributed by atoms with Crippen LogP contribution in [0.2, 0.25) is 0 Å². The number of carboxylic acid groups (broad SMARTS) is 1. The summed E-state index contributed by atoms with van der Waals surface area (Å²) in [6.07, 6.45) is 1.03. The Morgan fingerprint density at radius 1 is 1.19 bits per heavy atom. The molecule has 2 aromatic rings. The number of rotatable bonds is 3. The summed E-state index contributed by atoms with van der Waals surface area (Å²) in [7, 11) is 0. The summed E-state index contributed by atoms with van der Waals surface area (Å²) in [6.45, 7) is 0.571. The molecule has 2 aromatic carbocycles. The van der Waals surface area contributed by atoms with Crippen LogP contribution < -0.4 is 5.32 Å². The van der Waals surface area contributed by atoms with Crippen LogP contribution in [0.5, 0.6) is 0 Å². The van der Waals surface area contributed by atoms with Gasteiger partial charge in [0.2, 0.25) is 0 Å². The van der Waals surface area contributed by atoms with Crippen LogP contribution in [0.25, 0.3) is 10.8 Å². The SMILES string of the molecule is O=C(O)c1cc2ccccc2cc1NC(=O)C1CCCO1. The van der Waals surface area contributed by atoms with Gasteiger partial charge in [-0.15, -0.1) is 0 Å². The highest BCUT2D eigenvalue weighted by atomic mass is 16.5. The molecular formula is C16H15NO4. The van der Waals surface area contributed by atoms with Crippen molar-refractivity contribution in [2.24, 2.45) is 0 Å². The third-order valence-electron chi connectivity index (χ3n) is 3.60. The molecule has 3 rings (SSSR count). The van der Waals surface area contributed by atoms with E-state index in [0.717, 1.165) is 17.2 Å². The number of carbonyl (C=O) groups is 2. The number of ether oxygens (including phenoxy) is 1. The van der Waals surface area contributed by atoms with Gasteiger partial charge in [-0.2, -0.15) is 0 Å². The predicted octanol–water partition coefficient (Wildman–Crippen LogP) is 2.66. The Labute approximate surface area is 121 Å². The van der Waals surface area contributed by atoms with Gasteiger partial charge in [0.05, 0.1) is 11.3 Å². The van der Waals surface area contributed by atoms with Gasteiger partial charge in [-0.05, 0) is 35.7 Å². The van der Waals surface area contributed by atoms with E-state index in [4.69, 9.17) is 4.74 Å². The molecule has 1 amide bonds. The van der Waals surface area contributed by atoms with E-state index in [0.29, 0.717) is 18.7 Å². The number of carboxylic acids is 1. The van der Waals surface area contributed by atoms with Crippen LogP contribution in [0, 0.1) is 0 Å². The number of fused-ring (bicyclic) bond motifs is 1. The highest BCUT2D eigenvalue weighted by molar-refractivity contribution is 6.06. The third-order valence-corrected chi connectivity index (χ3v) is 3.60. The van der Waals surface area contributed by atoms with Crippen molar-refractivity contribution in [2.45, 2.75) is 18.9 Å². The molecule has 1 saturated heterocycles. The van der Waals surface area contributed by atoms with Crippen molar-refractivity contribution >= 4 is 28.3 Å². The van der Waals surface area contributed by atoms with Crippen LogP contribution in [0.1, 0.15) is 23.2 Å². The van der Waals surface area contributed by atoms with Crippen molar-refractivity contribution in [1.82, 2.24) is 0 Å². The predicted molar refractivity (Wildman–Crippen MR) is 78.5 cm³/mol. The van der Waals surface area contributed by atoms with Gasteiger partial charge >= 0.3 is 5.97 Å². The lowest BCUT2D eigenvalue weighted by atomic mass is 10.0. The van der Waals surface area contributed by atoms with Gasteiger partial charge in [0.15, 0.2) is 0 Å². The van der Waals surface area contributed by atoms with Crippen molar-refractivity contribution in [1.29, 1.82) is 0 Å². The quantitative estimate of drug-likeness (QED) is 0.909. The summed E-state index contributed by atoms with van der Waals surface area (Å²) >= 11 is 0. The van der Waals surface area contributed by atoms with Gasteiger partial charge in [-0.1, -0.05) is 24.3 Å². The molecule has 0 spiro atoms. The fourth-order valence-corrected chi connectivity index (χ4v) is 2.52. The molecular weight excluding hydrogens is 270 g/mol. The summed E-state index contributed by atoms with van der Waals surface area (Å²) in [5, 5.41) is 13.7. The van der Waals surface area contributed by atoms with Crippen molar-refractivity contribution < 1.29 is 19.4 Å². The van der Waals surface area contributed by atoms with E-state index >= 15 is 0 Å². The van der Waals surface area contributed by atoms with E-state index < -0.39 is 12.1 Å². The Hall–Kier alpha value is -2.40. The second-order valence-corrected chi connectivity index (χ2v) is 5.04. The van der Waals surface area contributed by atoms with Gasteiger partial charge < -0.3 is 15.2 Å². The zero-order chi connectivity index (χ0) is 14.8. The summed E-state index contributed by atoms with van der Waals surface area (Å²) < 4.78 is 5.32. The van der Waals surface area contributed by atoms with Crippen molar-refractivity contribution in [2.75, 3.05) is 11.9 Å². The molecule has 0 saturated carbocycles. The number of hydrogen-bond acceptors (Lipinski definition) is 3. The number of amides is 1. The Kier molecular flexibility index (Phi) is 3.58. The summed E-state index contributed by atoms with van der Waals surface area (Å²) in [5.74, 6) is -1.35. The second kappa shape index (κ2) is 5.54. The van der Waals surface area contributed by atoms with Crippen LogP contribution >= 0.6 is 0 Å². The lowest BCUT2D eigenvalue weighted by molar-refractivity contribution is -0.124. The molecule has 1 atom stereocenters. The Balaban J connectivity index is 1.97. The first kappa shape index (κ1) is 13.6. The highest BCUT2D eigenvalue weighted by Gasteiger charge is 2.25. The van der Waals surface area contributed by atoms with Crippen molar-refractivity contribution in [3.05, 3.63) is 42.0 Å². The normalized spacial score (nSPS) is 17.8. The first-order valence-electron chi connectivity index (χ1n) is 6.84. The Morgan fingerprint density at radius 2 is 1.90 bits per heavy atom. The highest BCUT2D eigenvalue weighted by Crippen LogP contribution is 2.25. The number of aromatic carboxylic acids is 1. The smallest absolute Gasteiger partial charge is 0.337 e. The second-order valence-electron chi connectivity index (χ2n) is 5.04. The molecule has 0 aromatic heterocycles. The number of anilines is 1. The molecule has 0 aliphatic carbocycles. The topological polar surface area (TPSA) is 75.6 Å². The minimum Gasteiger partial charge on any atom is -0.478 e. The molecule has 1 aliphatic heterocycles. The Bertz CT molecular complexity index is 704. The van der Waals surface area contributed by atoms with Gasteiger partial charge in [-0.3, -0.25) is 4.79 Å². The molecule has 1 aliphatic rings. The molecule has 108 valence electrons. The molecule has 0 bridgehead atoms. The van der Waals surface area contributed by atoms with Gasteiger partial charge in [-0.25, -0.2) is 4.79 Å². The molecule has 21 heavy (non-hydrogen) atoms. The van der Waals surface area contributed by atoms with Crippen molar-refractivity contribution in [3.63, 3.8) is 0 Å². The lowest BCUT2D eigenvalue weighted by Crippen LogP contribution is -2.27. The van der Waals surface area contributed by atoms with Gasteiger partial charge in [0.25, 0.3) is 5.91 Å². The van der Waals surface area contributed by atoms with Crippen LogP contribution in [0.15, 0.2) is 36.4 Å². The lowest BCUT2D eigenvalue weighted by Gasteiger charge is -2.13. The van der Waals surface area contributed by atoms with E-state index in [2.05, 4.69) is 5.32 Å². The molecule has 1 heterocycles. The van der Waals surface area contributed by atoms with Gasteiger partial charge in [0.1, 0.15) is 6.10 Å². The minimum absolute atomic E-state index is 0.0834. The number of nitrogens with one attached hydrogen (secondary N) is 1. The molecule has 5 nitrogen and oxygen atoms in total. The van der Waals surface area contributed by atoms with Crippen LogP contribution in [-0.2, 0) is 9.53 Å². The van der Waals surface area contributed by atoms with E-state index in [1.165, 1.54) is 0 Å². The molecule has 1 fully saturated rings. The maximum Gasteiger partial charge on any atom is 0.337 e. The maximum atomic E-state index is 12.1. The molecule has 1 unspecified atom stereocenters. The van der Waals surface area contributed by atoms with E-state index in [9.17, 15) is 14.7 Å². The number of benzene rings is 2. The summed E-state index contributed by atoms with van der Waals surface area (Å²) in [4.78, 5) is 23.5. The first-order valence-corrected chi connectivity index (χ1v) is 6.84. The van der Waals surface area contributed by atoms with Gasteiger partial charge in [0, 0.05) is 6.61 Å². The first-order chi connectivity index (χ1) is 10.1. The Morgan fingerprint density at radius 3 is 2.52 bits per heavy atom. The molecule has 5 heteroatoms. The fraction of sp³-hybridized carbons (Fsp3) is 0.250. The van der Waals surface area contributed by atoms with E-state index in [1.807, 2.05) is 24.3 Å². The standard InChI is InChI=1S/C16H15NO4/c18-15(14-6-3-7-21-14)17-13-9-11-5-2-1-4-10(11)8-12(13)16(19)20/h1-2,4-5,8-9,14H,3,6-7H2,(H,17,18)(H,19,20). The third kappa shape index (κ3) is 2.73. The average Bonchev–Trinajstić information content (AvgIpc) is 3.00. The van der Waals surface area contributed by atoms with Crippen molar-refractivity contribution in [3.8, 4) is 0 Å². The zero-order valence-corrected chi connectivity index (χ0v) is 11.3. The van der Waals surface area contributed by atoms with Crippen LogP contribution in [0.4, 0.5) is 5.69 Å². The summed E-state index contributed by atoms with van der Waals surface area (Å²) in [6, 6.07) is 10.7. The number of carbonyl (C=O) groups excluding carboxylic acids is 1. The zero-order valence-electron chi connectivity index (χ0n) is 11.3. The summed E-state index contributed by atoms with van der Waals surface area (Å²) in [5.41, 5.74) is 0.391. The molecule has 0 radical (unpaired) electrons. The number of hydrogen-bond donors (Lipinski definition) is 2. The maximum absolute atomic E-state index is 12.1. The molecule has 2 N–H and O–H groups in total.